The molecule has 0 spiro atoms. The van der Waals surface area contributed by atoms with Crippen LogP contribution in [-0.4, -0.2) is 42.6 Å². The smallest absolute Gasteiger partial charge is 0.409 e. The van der Waals surface area contributed by atoms with Crippen molar-refractivity contribution in [3.8, 4) is 0 Å². The Bertz CT molecular complexity index is 808. The summed E-state index contributed by atoms with van der Waals surface area (Å²) in [5.41, 5.74) is 0.529. The number of likely N-dealkylation sites (N-methyl/N-ethyl adjacent to an activating group) is 1. The standard InChI is InChI=1S/C20H22N2O4/c1-21(19(24)26-14-15-8-4-3-5-9-15)13-12-20(25)16-10-6-7-11-17(16)22(2)18(20)23/h3-11,25H,12-14H2,1-2H3. The van der Waals surface area contributed by atoms with Crippen LogP contribution in [0.3, 0.4) is 0 Å². The van der Waals surface area contributed by atoms with Gasteiger partial charge in [0.15, 0.2) is 5.60 Å². The number of aliphatic hydroxyl groups is 1. The highest BCUT2D eigenvalue weighted by atomic mass is 16.6. The zero-order chi connectivity index (χ0) is 18.7. The lowest BCUT2D eigenvalue weighted by Gasteiger charge is -2.25. The summed E-state index contributed by atoms with van der Waals surface area (Å²) >= 11 is 0. The van der Waals surface area contributed by atoms with Crippen LogP contribution in [0.4, 0.5) is 10.5 Å². The van der Waals surface area contributed by atoms with E-state index in [1.54, 1.807) is 32.3 Å². The molecule has 1 unspecified atom stereocenters. The first-order valence-electron chi connectivity index (χ1n) is 8.45. The van der Waals surface area contributed by atoms with Gasteiger partial charge in [-0.3, -0.25) is 4.79 Å². The molecule has 1 N–H and O–H groups in total. The van der Waals surface area contributed by atoms with E-state index in [-0.39, 0.29) is 25.5 Å². The van der Waals surface area contributed by atoms with Gasteiger partial charge in [0.2, 0.25) is 0 Å². The maximum Gasteiger partial charge on any atom is 0.409 e. The number of hydrogen-bond donors (Lipinski definition) is 1. The van der Waals surface area contributed by atoms with Crippen LogP contribution in [-0.2, 0) is 21.7 Å². The van der Waals surface area contributed by atoms with Gasteiger partial charge in [-0.25, -0.2) is 4.79 Å². The number of carbonyl (C=O) groups is 2. The van der Waals surface area contributed by atoms with Crippen molar-refractivity contribution in [3.05, 3.63) is 65.7 Å². The third-order valence-corrected chi connectivity index (χ3v) is 4.70. The molecule has 26 heavy (non-hydrogen) atoms. The van der Waals surface area contributed by atoms with Crippen molar-refractivity contribution in [2.45, 2.75) is 18.6 Å². The SMILES string of the molecule is CN(CCC1(O)C(=O)N(C)c2ccccc21)C(=O)OCc1ccccc1. The first-order valence-corrected chi connectivity index (χ1v) is 8.45. The van der Waals surface area contributed by atoms with Gasteiger partial charge in [0, 0.05) is 32.6 Å². The van der Waals surface area contributed by atoms with Crippen LogP contribution >= 0.6 is 0 Å². The fraction of sp³-hybridized carbons (Fsp3) is 0.300. The van der Waals surface area contributed by atoms with Crippen molar-refractivity contribution < 1.29 is 19.4 Å². The molecule has 0 saturated carbocycles. The second kappa shape index (κ2) is 7.17. The van der Waals surface area contributed by atoms with Gasteiger partial charge in [-0.1, -0.05) is 48.5 Å². The summed E-state index contributed by atoms with van der Waals surface area (Å²) in [7, 11) is 3.22. The minimum atomic E-state index is -1.63. The van der Waals surface area contributed by atoms with Gasteiger partial charge in [-0.2, -0.15) is 0 Å². The average Bonchev–Trinajstić information content (AvgIpc) is 2.87. The molecule has 0 radical (unpaired) electrons. The number of fused-ring (bicyclic) bond motifs is 1. The largest absolute Gasteiger partial charge is 0.445 e. The monoisotopic (exact) mass is 354 g/mol. The molecular weight excluding hydrogens is 332 g/mol. The zero-order valence-corrected chi connectivity index (χ0v) is 14.9. The number of ether oxygens (including phenoxy) is 1. The van der Waals surface area contributed by atoms with E-state index in [4.69, 9.17) is 4.74 Å². The Kier molecular flexibility index (Phi) is 4.95. The number of rotatable bonds is 5. The Labute approximate surface area is 152 Å². The molecule has 6 nitrogen and oxygen atoms in total. The summed E-state index contributed by atoms with van der Waals surface area (Å²) in [6.07, 6.45) is -0.394. The number of anilines is 1. The first kappa shape index (κ1) is 17.9. The predicted molar refractivity (Wildman–Crippen MR) is 97.6 cm³/mol. The molecule has 0 aliphatic carbocycles. The fourth-order valence-electron chi connectivity index (χ4n) is 3.11. The van der Waals surface area contributed by atoms with Crippen LogP contribution in [0, 0.1) is 0 Å². The number of hydrogen-bond acceptors (Lipinski definition) is 4. The fourth-order valence-corrected chi connectivity index (χ4v) is 3.11. The van der Waals surface area contributed by atoms with E-state index in [1.165, 1.54) is 9.80 Å². The number of benzene rings is 2. The summed E-state index contributed by atoms with van der Waals surface area (Å²) in [4.78, 5) is 27.5. The van der Waals surface area contributed by atoms with Gasteiger partial charge >= 0.3 is 6.09 Å². The Morgan fingerprint density at radius 3 is 2.54 bits per heavy atom. The second-order valence-electron chi connectivity index (χ2n) is 6.45. The van der Waals surface area contributed by atoms with Gasteiger partial charge in [0.05, 0.1) is 5.69 Å². The van der Waals surface area contributed by atoms with Crippen molar-refractivity contribution in [2.75, 3.05) is 25.5 Å². The van der Waals surface area contributed by atoms with Crippen LogP contribution in [0.1, 0.15) is 17.5 Å². The van der Waals surface area contributed by atoms with Crippen molar-refractivity contribution in [1.82, 2.24) is 4.90 Å². The lowest BCUT2D eigenvalue weighted by molar-refractivity contribution is -0.136. The van der Waals surface area contributed by atoms with E-state index in [0.717, 1.165) is 5.56 Å². The molecule has 1 heterocycles. The molecule has 0 saturated heterocycles. The molecule has 6 heteroatoms. The van der Waals surface area contributed by atoms with Gasteiger partial charge in [-0.05, 0) is 11.6 Å². The maximum atomic E-state index is 12.5. The number of amides is 2. The molecule has 1 aliphatic rings. The molecule has 2 aromatic rings. The molecule has 0 fully saturated rings. The van der Waals surface area contributed by atoms with Crippen molar-refractivity contribution >= 4 is 17.7 Å². The highest BCUT2D eigenvalue weighted by Gasteiger charge is 2.48. The third-order valence-electron chi connectivity index (χ3n) is 4.70. The van der Waals surface area contributed by atoms with Crippen molar-refractivity contribution in [3.63, 3.8) is 0 Å². The van der Waals surface area contributed by atoms with E-state index < -0.39 is 11.7 Å². The Morgan fingerprint density at radius 1 is 1.15 bits per heavy atom. The number of carbonyl (C=O) groups excluding carboxylic acids is 2. The van der Waals surface area contributed by atoms with Crippen molar-refractivity contribution in [1.29, 1.82) is 0 Å². The maximum absolute atomic E-state index is 12.5. The lowest BCUT2D eigenvalue weighted by atomic mass is 9.92. The molecular formula is C20H22N2O4. The van der Waals surface area contributed by atoms with E-state index in [0.29, 0.717) is 11.3 Å². The first-order chi connectivity index (χ1) is 12.4. The van der Waals surface area contributed by atoms with Crippen LogP contribution in [0.5, 0.6) is 0 Å². The normalized spacial score (nSPS) is 18.6. The lowest BCUT2D eigenvalue weighted by Crippen LogP contribution is -2.41. The van der Waals surface area contributed by atoms with Crippen LogP contribution in [0.15, 0.2) is 54.6 Å². The van der Waals surface area contributed by atoms with E-state index in [2.05, 4.69) is 0 Å². The second-order valence-corrected chi connectivity index (χ2v) is 6.45. The van der Waals surface area contributed by atoms with Gasteiger partial charge in [-0.15, -0.1) is 0 Å². The van der Waals surface area contributed by atoms with Crippen LogP contribution < -0.4 is 4.90 Å². The molecule has 0 aromatic heterocycles. The number of nitrogens with zero attached hydrogens (tertiary/aromatic N) is 2. The number of para-hydroxylation sites is 1. The summed E-state index contributed by atoms with van der Waals surface area (Å²) < 4.78 is 5.27. The van der Waals surface area contributed by atoms with Crippen molar-refractivity contribution in [2.24, 2.45) is 0 Å². The van der Waals surface area contributed by atoms with Gasteiger partial charge in [0.25, 0.3) is 5.91 Å². The minimum absolute atomic E-state index is 0.101. The summed E-state index contributed by atoms with van der Waals surface area (Å²) in [5, 5.41) is 11.0. The Hall–Kier alpha value is -2.86. The summed E-state index contributed by atoms with van der Waals surface area (Å²) in [6, 6.07) is 16.5. The molecule has 1 atom stereocenters. The highest BCUT2D eigenvalue weighted by Crippen LogP contribution is 2.41. The Morgan fingerprint density at radius 2 is 1.81 bits per heavy atom. The third kappa shape index (κ3) is 3.28. The van der Waals surface area contributed by atoms with Gasteiger partial charge < -0.3 is 19.6 Å². The molecule has 3 rings (SSSR count). The Balaban J connectivity index is 1.61. The molecule has 136 valence electrons. The van der Waals surface area contributed by atoms with Crippen LogP contribution in [0.25, 0.3) is 0 Å². The van der Waals surface area contributed by atoms with Gasteiger partial charge in [0.1, 0.15) is 6.61 Å². The average molecular weight is 354 g/mol. The van der Waals surface area contributed by atoms with E-state index in [9.17, 15) is 14.7 Å². The molecule has 0 bridgehead atoms. The minimum Gasteiger partial charge on any atom is -0.445 e. The molecule has 2 amide bonds. The highest BCUT2D eigenvalue weighted by molar-refractivity contribution is 6.06. The zero-order valence-electron chi connectivity index (χ0n) is 14.9. The quantitative estimate of drug-likeness (QED) is 0.896. The molecule has 1 aliphatic heterocycles. The summed E-state index contributed by atoms with van der Waals surface area (Å²) in [5.74, 6) is -0.384. The topological polar surface area (TPSA) is 70.1 Å². The van der Waals surface area contributed by atoms with E-state index >= 15 is 0 Å². The summed E-state index contributed by atoms with van der Waals surface area (Å²) in [6.45, 7) is 0.372. The van der Waals surface area contributed by atoms with Crippen LogP contribution in [0.2, 0.25) is 0 Å². The molecule has 2 aromatic carbocycles. The van der Waals surface area contributed by atoms with E-state index in [1.807, 2.05) is 36.4 Å². The predicted octanol–water partition coefficient (Wildman–Crippen LogP) is 2.51.